The Labute approximate surface area is 174 Å². The zero-order chi connectivity index (χ0) is 17.4. The topological polar surface area (TPSA) is 86.9 Å². The average molecular weight is 583 g/mol. The van der Waals surface area contributed by atoms with Gasteiger partial charge < -0.3 is 5.11 Å². The van der Waals surface area contributed by atoms with Gasteiger partial charge in [-0.25, -0.2) is 0 Å². The lowest BCUT2D eigenvalue weighted by Crippen LogP contribution is -2.11. The van der Waals surface area contributed by atoms with Gasteiger partial charge in [0.15, 0.2) is 5.78 Å². The summed E-state index contributed by atoms with van der Waals surface area (Å²) in [6.45, 7) is 1.98. The molecule has 1 aromatic carbocycles. The van der Waals surface area contributed by atoms with Crippen LogP contribution in [-0.4, -0.2) is 26.1 Å². The summed E-state index contributed by atoms with van der Waals surface area (Å²) in [7, 11) is 0. The number of phenols is 1. The number of carbonyl (C=O) groups is 1. The van der Waals surface area contributed by atoms with Crippen molar-refractivity contribution in [3.8, 4) is 5.75 Å². The molecule has 0 bridgehead atoms. The molecule has 1 saturated heterocycles. The fraction of sp³-hybridized carbons (Fsp3) is 0.200. The molecule has 0 aliphatic carbocycles. The van der Waals surface area contributed by atoms with E-state index in [0.717, 1.165) is 30.3 Å². The second-order valence-corrected chi connectivity index (χ2v) is 9.57. The number of hydrogen-bond donors (Lipinski definition) is 2. The van der Waals surface area contributed by atoms with E-state index in [1.54, 1.807) is 6.08 Å². The largest absolute Gasteiger partial charge is 0.506 e. The first-order valence-electron chi connectivity index (χ1n) is 6.93. The highest BCUT2D eigenvalue weighted by Crippen LogP contribution is 2.42. The van der Waals surface area contributed by atoms with E-state index in [0.29, 0.717) is 15.5 Å². The number of Topliss-reactive ketones (excluding diaryl/α,β-unsaturated/α-hetero) is 1. The maximum Gasteiger partial charge on any atom is 0.186 e. The smallest absolute Gasteiger partial charge is 0.186 e. The second-order valence-electron chi connectivity index (χ2n) is 4.99. The number of aromatic hydroxyl groups is 1. The van der Waals surface area contributed by atoms with Crippen molar-refractivity contribution < 1.29 is 9.90 Å². The standard InChI is InChI=1S/C15H11I2N3O2S2/c1-2-10-19-20-15(24-10)11-13(22)9(23-14(11)18)4-6-3-7(16)5-8(17)12(6)21/h3-5,11,18,21H,2H2,1H3/b9-4-,18-14?/t11-/m1/s1. The molecule has 1 aliphatic heterocycles. The number of rotatable bonds is 3. The highest BCUT2D eigenvalue weighted by molar-refractivity contribution is 14.1. The maximum atomic E-state index is 12.7. The average Bonchev–Trinajstić information content (AvgIpc) is 3.09. The summed E-state index contributed by atoms with van der Waals surface area (Å²) < 4.78 is 1.70. The monoisotopic (exact) mass is 583 g/mol. The molecule has 1 aromatic heterocycles. The first-order chi connectivity index (χ1) is 11.4. The zero-order valence-corrected chi connectivity index (χ0v) is 18.3. The Balaban J connectivity index is 1.97. The number of carbonyl (C=O) groups excluding carboxylic acids is 1. The number of aryl methyl sites for hydroxylation is 1. The molecule has 0 spiro atoms. The summed E-state index contributed by atoms with van der Waals surface area (Å²) in [6, 6.07) is 3.68. The lowest BCUT2D eigenvalue weighted by atomic mass is 10.0. The molecule has 3 rings (SSSR count). The first kappa shape index (κ1) is 18.3. The number of nitrogens with one attached hydrogen (secondary N) is 1. The molecule has 0 unspecified atom stereocenters. The van der Waals surface area contributed by atoms with Gasteiger partial charge in [-0.15, -0.1) is 21.5 Å². The molecule has 124 valence electrons. The zero-order valence-electron chi connectivity index (χ0n) is 12.3. The van der Waals surface area contributed by atoms with Crippen LogP contribution in [0.5, 0.6) is 5.75 Å². The van der Waals surface area contributed by atoms with Gasteiger partial charge >= 0.3 is 0 Å². The van der Waals surface area contributed by atoms with E-state index in [4.69, 9.17) is 5.41 Å². The third-order valence-electron chi connectivity index (χ3n) is 3.36. The van der Waals surface area contributed by atoms with Crippen LogP contribution < -0.4 is 0 Å². The molecule has 0 radical (unpaired) electrons. The molecule has 0 saturated carbocycles. The number of aromatic nitrogens is 2. The lowest BCUT2D eigenvalue weighted by Gasteiger charge is -2.04. The molecule has 9 heteroatoms. The van der Waals surface area contributed by atoms with Crippen LogP contribution in [0.25, 0.3) is 6.08 Å². The van der Waals surface area contributed by atoms with Gasteiger partial charge in [-0.3, -0.25) is 10.2 Å². The summed E-state index contributed by atoms with van der Waals surface area (Å²) >= 11 is 6.73. The second kappa shape index (κ2) is 7.38. The minimum Gasteiger partial charge on any atom is -0.506 e. The Kier molecular flexibility index (Phi) is 5.62. The van der Waals surface area contributed by atoms with Gasteiger partial charge in [-0.05, 0) is 69.8 Å². The third kappa shape index (κ3) is 3.53. The fourth-order valence-electron chi connectivity index (χ4n) is 2.18. The summed E-state index contributed by atoms with van der Waals surface area (Å²) in [4.78, 5) is 13.2. The predicted molar refractivity (Wildman–Crippen MR) is 114 cm³/mol. The van der Waals surface area contributed by atoms with Gasteiger partial charge in [0.2, 0.25) is 0 Å². The Bertz CT molecular complexity index is 880. The van der Waals surface area contributed by atoms with E-state index in [1.807, 2.05) is 19.1 Å². The normalized spacial score (nSPS) is 19.5. The predicted octanol–water partition coefficient (Wildman–Crippen LogP) is 4.43. The molecule has 1 atom stereocenters. The van der Waals surface area contributed by atoms with Crippen LogP contribution in [0, 0.1) is 12.5 Å². The Morgan fingerprint density at radius 3 is 2.79 bits per heavy atom. The Morgan fingerprint density at radius 2 is 2.12 bits per heavy atom. The third-order valence-corrected chi connectivity index (χ3v) is 6.94. The van der Waals surface area contributed by atoms with Gasteiger partial charge in [0.25, 0.3) is 0 Å². The number of benzene rings is 1. The van der Waals surface area contributed by atoms with Crippen LogP contribution in [-0.2, 0) is 11.2 Å². The van der Waals surface area contributed by atoms with Crippen molar-refractivity contribution in [3.63, 3.8) is 0 Å². The van der Waals surface area contributed by atoms with Gasteiger partial charge in [0, 0.05) is 9.13 Å². The minimum absolute atomic E-state index is 0.149. The minimum atomic E-state index is -0.664. The summed E-state index contributed by atoms with van der Waals surface area (Å²) in [5.41, 5.74) is 0.585. The Morgan fingerprint density at radius 1 is 1.38 bits per heavy atom. The van der Waals surface area contributed by atoms with Gasteiger partial charge in [0.05, 0.1) is 13.5 Å². The SMILES string of the molecule is CCc1nnc([C@H]2C(=N)S/C(=C\c3cc(I)cc(I)c3O)C2=O)s1. The van der Waals surface area contributed by atoms with E-state index >= 15 is 0 Å². The van der Waals surface area contributed by atoms with Crippen LogP contribution in [0.3, 0.4) is 0 Å². The van der Waals surface area contributed by atoms with E-state index in [9.17, 15) is 9.90 Å². The van der Waals surface area contributed by atoms with Crippen molar-refractivity contribution in [1.82, 2.24) is 10.2 Å². The number of allylic oxidation sites excluding steroid dienone is 1. The molecule has 5 nitrogen and oxygen atoms in total. The molecular weight excluding hydrogens is 572 g/mol. The molecule has 1 fully saturated rings. The maximum absolute atomic E-state index is 12.7. The number of nitrogens with zero attached hydrogens (tertiary/aromatic N) is 2. The number of hydrogen-bond acceptors (Lipinski definition) is 7. The molecule has 2 N–H and O–H groups in total. The van der Waals surface area contributed by atoms with Gasteiger partial charge in [-0.1, -0.05) is 18.7 Å². The van der Waals surface area contributed by atoms with E-state index in [1.165, 1.54) is 11.3 Å². The van der Waals surface area contributed by atoms with Crippen molar-refractivity contribution in [2.45, 2.75) is 19.3 Å². The first-order valence-corrected chi connectivity index (χ1v) is 10.7. The van der Waals surface area contributed by atoms with Crippen molar-refractivity contribution in [2.24, 2.45) is 0 Å². The molecule has 24 heavy (non-hydrogen) atoms. The number of ketones is 1. The van der Waals surface area contributed by atoms with Gasteiger partial charge in [0.1, 0.15) is 21.7 Å². The van der Waals surface area contributed by atoms with Crippen molar-refractivity contribution in [2.75, 3.05) is 0 Å². The number of phenolic OH excluding ortho intramolecular Hbond substituents is 1. The molecule has 1 aliphatic rings. The van der Waals surface area contributed by atoms with Crippen LogP contribution in [0.1, 0.15) is 28.4 Å². The van der Waals surface area contributed by atoms with Crippen LogP contribution in [0.4, 0.5) is 0 Å². The fourth-order valence-corrected chi connectivity index (χ4v) is 6.01. The van der Waals surface area contributed by atoms with Crippen molar-refractivity contribution in [3.05, 3.63) is 39.8 Å². The number of thioether (sulfide) groups is 1. The summed E-state index contributed by atoms with van der Waals surface area (Å²) in [6.07, 6.45) is 2.42. The van der Waals surface area contributed by atoms with Crippen molar-refractivity contribution >= 4 is 85.2 Å². The lowest BCUT2D eigenvalue weighted by molar-refractivity contribution is -0.114. The summed E-state index contributed by atoms with van der Waals surface area (Å²) in [5, 5.41) is 28.1. The molecule has 2 heterocycles. The quantitative estimate of drug-likeness (QED) is 0.413. The van der Waals surface area contributed by atoms with Gasteiger partial charge in [-0.2, -0.15) is 0 Å². The van der Waals surface area contributed by atoms with Crippen molar-refractivity contribution in [1.29, 1.82) is 5.41 Å². The molecule has 2 aromatic rings. The van der Waals surface area contributed by atoms with E-state index in [2.05, 4.69) is 55.4 Å². The Hall–Kier alpha value is -0.530. The summed E-state index contributed by atoms with van der Waals surface area (Å²) in [5.74, 6) is -0.670. The van der Waals surface area contributed by atoms with Crippen LogP contribution in [0.2, 0.25) is 0 Å². The van der Waals surface area contributed by atoms with E-state index < -0.39 is 5.92 Å². The molecular formula is C15H11I2N3O2S2. The highest BCUT2D eigenvalue weighted by atomic mass is 127. The molecule has 0 amide bonds. The van der Waals surface area contributed by atoms with Crippen LogP contribution in [0.15, 0.2) is 17.0 Å². The number of halogens is 2. The van der Waals surface area contributed by atoms with Crippen LogP contribution >= 0.6 is 68.3 Å². The highest BCUT2D eigenvalue weighted by Gasteiger charge is 2.39. The van der Waals surface area contributed by atoms with E-state index in [-0.39, 0.29) is 16.6 Å².